The minimum absolute atomic E-state index is 0.00226. The predicted octanol–water partition coefficient (Wildman–Crippen LogP) is 4.16. The van der Waals surface area contributed by atoms with E-state index < -0.39 is 0 Å². The summed E-state index contributed by atoms with van der Waals surface area (Å²) in [6.45, 7) is 4.55. The van der Waals surface area contributed by atoms with E-state index in [1.807, 2.05) is 11.9 Å². The van der Waals surface area contributed by atoms with Gasteiger partial charge in [-0.25, -0.2) is 4.79 Å². The van der Waals surface area contributed by atoms with E-state index in [-0.39, 0.29) is 29.6 Å². The first-order chi connectivity index (χ1) is 15.8. The van der Waals surface area contributed by atoms with Gasteiger partial charge in [0, 0.05) is 32.2 Å². The van der Waals surface area contributed by atoms with Crippen molar-refractivity contribution in [2.45, 2.75) is 69.4 Å². The average Bonchev–Trinajstić information content (AvgIpc) is 3.02. The number of benzene rings is 1. The molecule has 0 radical (unpaired) electrons. The molecule has 2 saturated carbocycles. The van der Waals surface area contributed by atoms with E-state index in [4.69, 9.17) is 0 Å². The molecule has 3 aliphatic rings. The number of amides is 3. The molecule has 0 N–H and O–H groups in total. The van der Waals surface area contributed by atoms with E-state index in [0.717, 1.165) is 45.2 Å². The second-order valence-electron chi connectivity index (χ2n) is 10.9. The maximum absolute atomic E-state index is 13.6. The fourth-order valence-electron chi connectivity index (χ4n) is 6.25. The van der Waals surface area contributed by atoms with Crippen molar-refractivity contribution < 1.29 is 9.59 Å². The molecular formula is C27H42N4O2. The topological polar surface area (TPSA) is 47.1 Å². The lowest BCUT2D eigenvalue weighted by atomic mass is 9.68. The molecule has 6 heteroatoms. The Morgan fingerprint density at radius 1 is 1.06 bits per heavy atom. The molecule has 6 nitrogen and oxygen atoms in total. The maximum Gasteiger partial charge on any atom is 0.321 e. The Labute approximate surface area is 199 Å². The molecule has 1 aromatic rings. The molecule has 1 heterocycles. The van der Waals surface area contributed by atoms with E-state index in [9.17, 15) is 9.59 Å². The standard InChI is InChI=1S/C27H42N4O2/c1-5-18-29(4)24(32)20-30-21-26(31(25(30)33)19-22-10-9-11-22)14-16-27(17-15-26,28(2)3)23-12-7-6-8-13-23/h6-8,12-13,22H,5,9-11,14-21H2,1-4H3/t26-,27+. The second kappa shape index (κ2) is 9.65. The molecule has 1 aromatic carbocycles. The van der Waals surface area contributed by atoms with Crippen LogP contribution in [0.3, 0.4) is 0 Å². The van der Waals surface area contributed by atoms with Crippen LogP contribution in [0.25, 0.3) is 0 Å². The summed E-state index contributed by atoms with van der Waals surface area (Å²) in [7, 11) is 6.22. The molecule has 182 valence electrons. The van der Waals surface area contributed by atoms with Gasteiger partial charge in [-0.3, -0.25) is 9.69 Å². The van der Waals surface area contributed by atoms with Crippen molar-refractivity contribution >= 4 is 11.9 Å². The fraction of sp³-hybridized carbons (Fsp3) is 0.704. The highest BCUT2D eigenvalue weighted by Gasteiger charge is 2.55. The van der Waals surface area contributed by atoms with Crippen molar-refractivity contribution in [3.63, 3.8) is 0 Å². The van der Waals surface area contributed by atoms with Crippen molar-refractivity contribution in [2.75, 3.05) is 47.3 Å². The molecule has 4 rings (SSSR count). The number of carbonyl (C=O) groups excluding carboxylic acids is 2. The van der Waals surface area contributed by atoms with Gasteiger partial charge in [-0.1, -0.05) is 43.7 Å². The van der Waals surface area contributed by atoms with Gasteiger partial charge in [0.1, 0.15) is 6.54 Å². The lowest BCUT2D eigenvalue weighted by molar-refractivity contribution is -0.130. The largest absolute Gasteiger partial charge is 0.344 e. The number of carbonyl (C=O) groups is 2. The van der Waals surface area contributed by atoms with Gasteiger partial charge in [-0.05, 0) is 70.5 Å². The Bertz CT molecular complexity index is 828. The van der Waals surface area contributed by atoms with E-state index in [0.29, 0.717) is 12.5 Å². The summed E-state index contributed by atoms with van der Waals surface area (Å²) in [5.41, 5.74) is 1.22. The Morgan fingerprint density at radius 2 is 1.73 bits per heavy atom. The van der Waals surface area contributed by atoms with E-state index in [1.165, 1.54) is 24.8 Å². The molecule has 0 atom stereocenters. The molecule has 0 unspecified atom stereocenters. The maximum atomic E-state index is 13.6. The third-order valence-electron chi connectivity index (χ3n) is 8.71. The minimum atomic E-state index is -0.148. The Balaban J connectivity index is 1.55. The van der Waals surface area contributed by atoms with Crippen molar-refractivity contribution in [3.8, 4) is 0 Å². The number of rotatable bonds is 8. The van der Waals surface area contributed by atoms with Crippen LogP contribution in [-0.2, 0) is 10.3 Å². The lowest BCUT2D eigenvalue weighted by Crippen LogP contribution is -2.56. The van der Waals surface area contributed by atoms with Gasteiger partial charge in [0.2, 0.25) is 5.91 Å². The number of urea groups is 1. The molecule has 2 aliphatic carbocycles. The number of hydrogen-bond acceptors (Lipinski definition) is 3. The van der Waals surface area contributed by atoms with Crippen molar-refractivity contribution in [3.05, 3.63) is 35.9 Å². The summed E-state index contributed by atoms with van der Waals surface area (Å²) in [5, 5.41) is 0. The smallest absolute Gasteiger partial charge is 0.321 e. The first-order valence-electron chi connectivity index (χ1n) is 12.8. The fourth-order valence-corrected chi connectivity index (χ4v) is 6.25. The highest BCUT2D eigenvalue weighted by molar-refractivity contribution is 5.86. The zero-order valence-electron chi connectivity index (χ0n) is 21.1. The van der Waals surface area contributed by atoms with Crippen LogP contribution in [0.1, 0.15) is 63.9 Å². The molecule has 0 aromatic heterocycles. The first-order valence-corrected chi connectivity index (χ1v) is 12.8. The third-order valence-corrected chi connectivity index (χ3v) is 8.71. The summed E-state index contributed by atoms with van der Waals surface area (Å²) in [6, 6.07) is 10.9. The SMILES string of the molecule is CCCN(C)C(=O)CN1C[C@]2(CC[C@](c3ccccc3)(N(C)C)CC2)N(CC2CCC2)C1=O. The van der Waals surface area contributed by atoms with Gasteiger partial charge in [-0.2, -0.15) is 0 Å². The Kier molecular flexibility index (Phi) is 7.04. The van der Waals surface area contributed by atoms with Gasteiger partial charge < -0.3 is 14.7 Å². The monoisotopic (exact) mass is 454 g/mol. The van der Waals surface area contributed by atoms with Crippen LogP contribution in [0.4, 0.5) is 4.79 Å². The van der Waals surface area contributed by atoms with Crippen LogP contribution in [0.2, 0.25) is 0 Å². The Morgan fingerprint density at radius 3 is 2.27 bits per heavy atom. The number of hydrogen-bond donors (Lipinski definition) is 0. The molecule has 1 saturated heterocycles. The van der Waals surface area contributed by atoms with Crippen molar-refractivity contribution in [1.29, 1.82) is 0 Å². The summed E-state index contributed by atoms with van der Waals surface area (Å²) >= 11 is 0. The lowest BCUT2D eigenvalue weighted by Gasteiger charge is -2.51. The van der Waals surface area contributed by atoms with E-state index in [1.54, 1.807) is 4.90 Å². The molecule has 0 bridgehead atoms. The highest BCUT2D eigenvalue weighted by atomic mass is 16.2. The van der Waals surface area contributed by atoms with E-state index in [2.05, 4.69) is 61.2 Å². The summed E-state index contributed by atoms with van der Waals surface area (Å²) < 4.78 is 0. The summed E-state index contributed by atoms with van der Waals surface area (Å²) in [6.07, 6.45) is 8.67. The molecular weight excluding hydrogens is 412 g/mol. The van der Waals surface area contributed by atoms with Crippen LogP contribution >= 0.6 is 0 Å². The van der Waals surface area contributed by atoms with Crippen LogP contribution in [-0.4, -0.2) is 84.4 Å². The molecule has 1 spiro atoms. The van der Waals surface area contributed by atoms with Gasteiger partial charge in [0.15, 0.2) is 0 Å². The molecule has 3 amide bonds. The van der Waals surface area contributed by atoms with Crippen LogP contribution in [0.15, 0.2) is 30.3 Å². The van der Waals surface area contributed by atoms with Gasteiger partial charge in [0.05, 0.1) is 5.54 Å². The molecule has 1 aliphatic heterocycles. The average molecular weight is 455 g/mol. The zero-order chi connectivity index (χ0) is 23.6. The number of nitrogens with zero attached hydrogens (tertiary/aromatic N) is 4. The first kappa shape index (κ1) is 24.1. The van der Waals surface area contributed by atoms with Gasteiger partial charge in [0.25, 0.3) is 0 Å². The van der Waals surface area contributed by atoms with Crippen LogP contribution in [0, 0.1) is 5.92 Å². The predicted molar refractivity (Wildman–Crippen MR) is 132 cm³/mol. The highest BCUT2D eigenvalue weighted by Crippen LogP contribution is 2.49. The summed E-state index contributed by atoms with van der Waals surface area (Å²) in [5.74, 6) is 0.674. The second-order valence-corrected chi connectivity index (χ2v) is 10.9. The quantitative estimate of drug-likeness (QED) is 0.593. The van der Waals surface area contributed by atoms with Gasteiger partial charge in [-0.15, -0.1) is 0 Å². The minimum Gasteiger partial charge on any atom is -0.344 e. The van der Waals surface area contributed by atoms with Crippen LogP contribution < -0.4 is 0 Å². The molecule has 3 fully saturated rings. The Hall–Kier alpha value is -2.08. The number of likely N-dealkylation sites (N-methyl/N-ethyl adjacent to an activating group) is 1. The van der Waals surface area contributed by atoms with Crippen LogP contribution in [0.5, 0.6) is 0 Å². The van der Waals surface area contributed by atoms with Crippen molar-refractivity contribution in [2.24, 2.45) is 5.92 Å². The normalized spacial score (nSPS) is 28.0. The van der Waals surface area contributed by atoms with Crippen molar-refractivity contribution in [1.82, 2.24) is 19.6 Å². The van der Waals surface area contributed by atoms with Gasteiger partial charge >= 0.3 is 6.03 Å². The third kappa shape index (κ3) is 4.51. The molecule has 33 heavy (non-hydrogen) atoms. The zero-order valence-corrected chi connectivity index (χ0v) is 21.1. The summed E-state index contributed by atoms with van der Waals surface area (Å²) in [4.78, 5) is 34.6. The van der Waals surface area contributed by atoms with E-state index >= 15 is 0 Å².